The molecule has 0 radical (unpaired) electrons. The van der Waals surface area contributed by atoms with Crippen molar-refractivity contribution in [3.8, 4) is 0 Å². The summed E-state index contributed by atoms with van der Waals surface area (Å²) in [6.45, 7) is 2.50. The second kappa shape index (κ2) is 6.65. The fourth-order valence-electron chi connectivity index (χ4n) is 1.74. The van der Waals surface area contributed by atoms with Crippen molar-refractivity contribution in [3.05, 3.63) is 52.1 Å². The summed E-state index contributed by atoms with van der Waals surface area (Å²) in [5.74, 6) is -0.816. The molecule has 6 nitrogen and oxygen atoms in total. The molecule has 0 fully saturated rings. The van der Waals surface area contributed by atoms with Crippen molar-refractivity contribution in [2.75, 3.05) is 17.2 Å². The Hall–Kier alpha value is -2.70. The van der Waals surface area contributed by atoms with Crippen molar-refractivity contribution in [1.29, 1.82) is 0 Å². The molecular weight excluding hydrogens is 275 g/mol. The molecule has 1 aromatic heterocycles. The van der Waals surface area contributed by atoms with Gasteiger partial charge in [-0.3, -0.25) is 9.59 Å². The quantitative estimate of drug-likeness (QED) is 0.786. The van der Waals surface area contributed by atoms with Crippen LogP contribution in [-0.4, -0.2) is 22.6 Å². The lowest BCUT2D eigenvalue weighted by Crippen LogP contribution is -2.18. The van der Waals surface area contributed by atoms with E-state index in [0.717, 1.165) is 6.42 Å². The van der Waals surface area contributed by atoms with Gasteiger partial charge in [-0.25, -0.2) is 9.49 Å². The fraction of sp³-hybridized carbons (Fsp3) is 0.214. The van der Waals surface area contributed by atoms with Gasteiger partial charge >= 0.3 is 0 Å². The van der Waals surface area contributed by atoms with Gasteiger partial charge in [0.25, 0.3) is 11.5 Å². The Morgan fingerprint density at radius 1 is 1.33 bits per heavy atom. The molecule has 2 rings (SSSR count). The molecule has 0 atom stereocenters. The molecule has 0 saturated heterocycles. The second-order valence-electron chi connectivity index (χ2n) is 4.35. The number of rotatable bonds is 5. The highest BCUT2D eigenvalue weighted by atomic mass is 19.1. The van der Waals surface area contributed by atoms with Crippen molar-refractivity contribution >= 4 is 17.4 Å². The first-order valence-electron chi connectivity index (χ1n) is 6.51. The number of nitrogens with one attached hydrogen (secondary N) is 3. The lowest BCUT2D eigenvalue weighted by atomic mass is 10.1. The molecule has 21 heavy (non-hydrogen) atoms. The molecule has 3 N–H and O–H groups in total. The molecule has 110 valence electrons. The van der Waals surface area contributed by atoms with Crippen molar-refractivity contribution in [1.82, 2.24) is 10.2 Å². The van der Waals surface area contributed by atoms with Gasteiger partial charge in [0.2, 0.25) is 0 Å². The van der Waals surface area contributed by atoms with Crippen molar-refractivity contribution in [3.63, 3.8) is 0 Å². The van der Waals surface area contributed by atoms with Gasteiger partial charge in [0.05, 0.1) is 11.3 Å². The molecule has 1 heterocycles. The number of aromatic amines is 1. The predicted octanol–water partition coefficient (Wildman–Crippen LogP) is 1.98. The van der Waals surface area contributed by atoms with Crippen molar-refractivity contribution in [2.24, 2.45) is 0 Å². The number of para-hydroxylation sites is 1. The smallest absolute Gasteiger partial charge is 0.264 e. The van der Waals surface area contributed by atoms with E-state index in [1.807, 2.05) is 6.92 Å². The van der Waals surface area contributed by atoms with Crippen LogP contribution in [0.15, 0.2) is 35.1 Å². The zero-order valence-electron chi connectivity index (χ0n) is 11.4. The zero-order valence-corrected chi connectivity index (χ0v) is 11.4. The van der Waals surface area contributed by atoms with E-state index in [2.05, 4.69) is 20.8 Å². The molecule has 0 aliphatic carbocycles. The van der Waals surface area contributed by atoms with E-state index in [9.17, 15) is 14.0 Å². The summed E-state index contributed by atoms with van der Waals surface area (Å²) in [6, 6.07) is 6.87. The standard InChI is InChI=1S/C14H15FN4O2/c1-2-8-16-13-9(4-3-5-10(13)15)14(21)17-11-6-7-12(20)19-18-11/h3-7,16H,2,8H2,1H3,(H,19,20)(H,17,18,21). The predicted molar refractivity (Wildman–Crippen MR) is 78.0 cm³/mol. The fourth-order valence-corrected chi connectivity index (χ4v) is 1.74. The van der Waals surface area contributed by atoms with Gasteiger partial charge in [0, 0.05) is 12.6 Å². The first-order chi connectivity index (χ1) is 10.1. The van der Waals surface area contributed by atoms with E-state index in [1.54, 1.807) is 0 Å². The monoisotopic (exact) mass is 290 g/mol. The highest BCUT2D eigenvalue weighted by molar-refractivity contribution is 6.07. The van der Waals surface area contributed by atoms with Crippen LogP contribution in [0.1, 0.15) is 23.7 Å². The van der Waals surface area contributed by atoms with Crippen molar-refractivity contribution < 1.29 is 9.18 Å². The van der Waals surface area contributed by atoms with E-state index in [-0.39, 0.29) is 22.6 Å². The van der Waals surface area contributed by atoms with Gasteiger partial charge in [-0.1, -0.05) is 13.0 Å². The molecule has 1 amide bonds. The maximum absolute atomic E-state index is 13.8. The molecule has 7 heteroatoms. The van der Waals surface area contributed by atoms with E-state index in [1.165, 1.54) is 30.3 Å². The first kappa shape index (κ1) is 14.7. The number of carbonyl (C=O) groups is 1. The van der Waals surface area contributed by atoms with Gasteiger partial charge in [-0.15, -0.1) is 0 Å². The Balaban J connectivity index is 2.24. The van der Waals surface area contributed by atoms with E-state index in [4.69, 9.17) is 0 Å². The molecule has 0 aliphatic rings. The third kappa shape index (κ3) is 3.65. The minimum absolute atomic E-state index is 0.154. The number of amides is 1. The molecule has 0 aliphatic heterocycles. The Morgan fingerprint density at radius 3 is 2.81 bits per heavy atom. The van der Waals surface area contributed by atoms with Gasteiger partial charge in [-0.05, 0) is 24.6 Å². The average Bonchev–Trinajstić information content (AvgIpc) is 2.48. The Morgan fingerprint density at radius 2 is 2.14 bits per heavy atom. The molecule has 2 aromatic rings. The number of carbonyl (C=O) groups excluding carboxylic acids is 1. The molecule has 0 saturated carbocycles. The summed E-state index contributed by atoms with van der Waals surface area (Å²) < 4.78 is 13.8. The Labute approximate surface area is 120 Å². The van der Waals surface area contributed by atoms with Crippen LogP contribution in [0.5, 0.6) is 0 Å². The largest absolute Gasteiger partial charge is 0.382 e. The zero-order chi connectivity index (χ0) is 15.2. The highest BCUT2D eigenvalue weighted by Crippen LogP contribution is 2.20. The highest BCUT2D eigenvalue weighted by Gasteiger charge is 2.15. The molecule has 0 bridgehead atoms. The van der Waals surface area contributed by atoms with Crippen LogP contribution in [0.25, 0.3) is 0 Å². The number of anilines is 2. The number of benzene rings is 1. The van der Waals surface area contributed by atoms with Crippen LogP contribution < -0.4 is 16.2 Å². The summed E-state index contributed by atoms with van der Waals surface area (Å²) >= 11 is 0. The molecular formula is C14H15FN4O2. The molecule has 0 unspecified atom stereocenters. The first-order valence-corrected chi connectivity index (χ1v) is 6.51. The lowest BCUT2D eigenvalue weighted by molar-refractivity contribution is 0.102. The minimum atomic E-state index is -0.507. The Kier molecular flexibility index (Phi) is 4.65. The van der Waals surface area contributed by atoms with Crippen LogP contribution in [0.2, 0.25) is 0 Å². The number of halogens is 1. The third-order valence-corrected chi connectivity index (χ3v) is 2.73. The summed E-state index contributed by atoms with van der Waals surface area (Å²) in [5.41, 5.74) is -0.0400. The number of nitrogens with zero attached hydrogens (tertiary/aromatic N) is 1. The number of aromatic nitrogens is 2. The van der Waals surface area contributed by atoms with Gasteiger partial charge < -0.3 is 10.6 Å². The topological polar surface area (TPSA) is 86.9 Å². The average molecular weight is 290 g/mol. The normalized spacial score (nSPS) is 10.2. The van der Waals surface area contributed by atoms with Gasteiger partial charge in [-0.2, -0.15) is 5.10 Å². The van der Waals surface area contributed by atoms with Gasteiger partial charge in [0.1, 0.15) is 5.82 Å². The Bertz CT molecular complexity index is 679. The molecule has 0 spiro atoms. The van der Waals surface area contributed by atoms with Crippen LogP contribution >= 0.6 is 0 Å². The summed E-state index contributed by atoms with van der Waals surface area (Å²) in [5, 5.41) is 11.3. The lowest BCUT2D eigenvalue weighted by Gasteiger charge is -2.12. The summed E-state index contributed by atoms with van der Waals surface area (Å²) in [4.78, 5) is 23.1. The van der Waals surface area contributed by atoms with Crippen molar-refractivity contribution in [2.45, 2.75) is 13.3 Å². The summed E-state index contributed by atoms with van der Waals surface area (Å²) in [6.07, 6.45) is 0.802. The number of hydrogen-bond donors (Lipinski definition) is 3. The maximum Gasteiger partial charge on any atom is 0.264 e. The summed E-state index contributed by atoms with van der Waals surface area (Å²) in [7, 11) is 0. The number of hydrogen-bond acceptors (Lipinski definition) is 4. The van der Waals surface area contributed by atoms with Crippen LogP contribution in [0, 0.1) is 5.82 Å². The SMILES string of the molecule is CCCNc1c(F)cccc1C(=O)Nc1ccc(=O)[nH]n1. The number of H-pyrrole nitrogens is 1. The van der Waals surface area contributed by atoms with Crippen LogP contribution in [0.3, 0.4) is 0 Å². The van der Waals surface area contributed by atoms with Crippen LogP contribution in [-0.2, 0) is 0 Å². The minimum Gasteiger partial charge on any atom is -0.382 e. The molecule has 1 aromatic carbocycles. The van der Waals surface area contributed by atoms with Crippen LogP contribution in [0.4, 0.5) is 15.9 Å². The van der Waals surface area contributed by atoms with E-state index < -0.39 is 11.7 Å². The maximum atomic E-state index is 13.8. The van der Waals surface area contributed by atoms with E-state index >= 15 is 0 Å². The van der Waals surface area contributed by atoms with E-state index in [0.29, 0.717) is 6.54 Å². The third-order valence-electron chi connectivity index (χ3n) is 2.73. The second-order valence-corrected chi connectivity index (χ2v) is 4.35. The van der Waals surface area contributed by atoms with Gasteiger partial charge in [0.15, 0.2) is 5.82 Å².